The van der Waals surface area contributed by atoms with Crippen LogP contribution in [0, 0.1) is 0 Å². The van der Waals surface area contributed by atoms with Gasteiger partial charge in [-0.25, -0.2) is 0 Å². The molecule has 0 aromatic heterocycles. The highest BCUT2D eigenvalue weighted by molar-refractivity contribution is 7.79. The van der Waals surface area contributed by atoms with Gasteiger partial charge in [0.05, 0.1) is 0 Å². The monoisotopic (exact) mass is 551 g/mol. The minimum absolute atomic E-state index is 0.197. The Balaban J connectivity index is 0. The minimum atomic E-state index is -4.67. The highest BCUT2D eigenvalue weighted by atomic mass is 32.3. The van der Waals surface area contributed by atoms with Gasteiger partial charge >= 0.3 is 10.4 Å². The summed E-state index contributed by atoms with van der Waals surface area (Å²) in [5, 5.41) is 3.54. The lowest BCUT2D eigenvalue weighted by molar-refractivity contribution is 0.256. The lowest BCUT2D eigenvalue weighted by atomic mass is 10.1. The second-order valence-corrected chi connectivity index (χ2v) is 10.9. The van der Waals surface area contributed by atoms with Crippen LogP contribution in [0.3, 0.4) is 0 Å². The molecule has 0 fully saturated rings. The summed E-state index contributed by atoms with van der Waals surface area (Å²) in [6, 6.07) is 0. The molecule has 0 unspecified atom stereocenters. The van der Waals surface area contributed by atoms with Gasteiger partial charge in [-0.1, -0.05) is 104 Å². The van der Waals surface area contributed by atoms with Crippen molar-refractivity contribution in [1.82, 2.24) is 10.2 Å². The highest BCUT2D eigenvalue weighted by Crippen LogP contribution is 2.11. The summed E-state index contributed by atoms with van der Waals surface area (Å²) in [6.45, 7) is 11.2. The van der Waals surface area contributed by atoms with Crippen molar-refractivity contribution in [2.24, 2.45) is 16.5 Å². The van der Waals surface area contributed by atoms with Crippen LogP contribution < -0.4 is 16.8 Å². The van der Waals surface area contributed by atoms with Crippen molar-refractivity contribution in [2.75, 3.05) is 39.3 Å². The highest BCUT2D eigenvalue weighted by Gasteiger charge is 2.05. The first-order valence-electron chi connectivity index (χ1n) is 14.9. The summed E-state index contributed by atoms with van der Waals surface area (Å²) in [4.78, 5) is 6.76. The molecule has 0 heterocycles. The predicted molar refractivity (Wildman–Crippen MR) is 159 cm³/mol. The van der Waals surface area contributed by atoms with Crippen molar-refractivity contribution in [1.29, 1.82) is 0 Å². The van der Waals surface area contributed by atoms with E-state index >= 15 is 0 Å². The lowest BCUT2D eigenvalue weighted by Gasteiger charge is -2.22. The molecule has 0 amide bonds. The molecule has 0 saturated carbocycles. The van der Waals surface area contributed by atoms with Gasteiger partial charge in [-0.15, -0.1) is 0 Å². The molecule has 7 N–H and O–H groups in total. The number of nitrogens with zero attached hydrogens (tertiary/aromatic N) is 2. The molecule has 0 aromatic carbocycles. The zero-order valence-corrected chi connectivity index (χ0v) is 25.0. The molecule has 0 aromatic rings. The van der Waals surface area contributed by atoms with Crippen LogP contribution in [0.5, 0.6) is 0 Å². The fraction of sp³-hybridized carbons (Fsp3) is 0.963. The summed E-state index contributed by atoms with van der Waals surface area (Å²) in [6.07, 6.45) is 24.7. The van der Waals surface area contributed by atoms with Gasteiger partial charge in [0.25, 0.3) is 0 Å². The van der Waals surface area contributed by atoms with Gasteiger partial charge < -0.3 is 21.7 Å². The van der Waals surface area contributed by atoms with Crippen LogP contribution in [0.1, 0.15) is 129 Å². The summed E-state index contributed by atoms with van der Waals surface area (Å²) < 4.78 is 31.6. The minimum Gasteiger partial charge on any atom is -0.370 e. The van der Waals surface area contributed by atoms with Crippen LogP contribution in [0.2, 0.25) is 0 Å². The zero-order chi connectivity index (χ0) is 28.0. The van der Waals surface area contributed by atoms with E-state index in [9.17, 15) is 0 Å². The summed E-state index contributed by atoms with van der Waals surface area (Å²) in [7, 11) is -4.67. The van der Waals surface area contributed by atoms with Gasteiger partial charge in [0, 0.05) is 6.54 Å². The molecule has 0 aliphatic carbocycles. The molecule has 10 heteroatoms. The quantitative estimate of drug-likeness (QED) is 0.0405. The van der Waals surface area contributed by atoms with Gasteiger partial charge in [0.2, 0.25) is 0 Å². The van der Waals surface area contributed by atoms with Crippen LogP contribution >= 0.6 is 0 Å². The average Bonchev–Trinajstić information content (AvgIpc) is 2.82. The SMILES string of the molecule is CCCCCCCCCCN(CCCCCCCCCC)CCCNCCCN=C(N)N.O=S(=O)(O)O. The van der Waals surface area contributed by atoms with Gasteiger partial charge in [-0.3, -0.25) is 14.1 Å². The van der Waals surface area contributed by atoms with Crippen LogP contribution in [-0.2, 0) is 10.4 Å². The van der Waals surface area contributed by atoms with Crippen molar-refractivity contribution in [3.63, 3.8) is 0 Å². The van der Waals surface area contributed by atoms with E-state index in [2.05, 4.69) is 29.1 Å². The molecule has 0 spiro atoms. The largest absolute Gasteiger partial charge is 0.394 e. The Bertz CT molecular complexity index is 559. The van der Waals surface area contributed by atoms with Gasteiger partial charge in [0.15, 0.2) is 5.96 Å². The first-order valence-corrected chi connectivity index (χ1v) is 16.3. The molecule has 0 rings (SSSR count). The van der Waals surface area contributed by atoms with Crippen LogP contribution in [0.4, 0.5) is 0 Å². The van der Waals surface area contributed by atoms with Gasteiger partial charge in [0.1, 0.15) is 0 Å². The van der Waals surface area contributed by atoms with Crippen LogP contribution in [0.25, 0.3) is 0 Å². The first kappa shape index (κ1) is 38.2. The first-order chi connectivity index (χ1) is 17.7. The Kier molecular flexibility index (Phi) is 30.6. The van der Waals surface area contributed by atoms with E-state index in [0.717, 1.165) is 26.1 Å². The molecule has 224 valence electrons. The average molecular weight is 552 g/mol. The molecule has 9 nitrogen and oxygen atoms in total. The standard InChI is InChI=1S/C27H59N5.H2O4S/c1-3-5-7-9-11-13-15-17-24-32(25-18-16-14-12-10-8-6-4-2)26-20-22-30-21-19-23-31-27(28)29;1-5(2,3)4/h30H,3-26H2,1-2H3,(H4,28,29,31);(H2,1,2,3,4). The van der Waals surface area contributed by atoms with E-state index in [0.29, 0.717) is 0 Å². The Morgan fingerprint density at radius 3 is 1.41 bits per heavy atom. The van der Waals surface area contributed by atoms with E-state index in [4.69, 9.17) is 29.0 Å². The van der Waals surface area contributed by atoms with E-state index in [1.807, 2.05) is 0 Å². The molecule has 0 atom stereocenters. The molecule has 0 saturated heterocycles. The Hall–Kier alpha value is -0.940. The van der Waals surface area contributed by atoms with Crippen molar-refractivity contribution in [3.05, 3.63) is 0 Å². The summed E-state index contributed by atoms with van der Waals surface area (Å²) in [5.41, 5.74) is 10.7. The van der Waals surface area contributed by atoms with Crippen molar-refractivity contribution < 1.29 is 17.5 Å². The smallest absolute Gasteiger partial charge is 0.370 e. The Morgan fingerprint density at radius 1 is 0.649 bits per heavy atom. The molecular weight excluding hydrogens is 490 g/mol. The molecule has 37 heavy (non-hydrogen) atoms. The van der Waals surface area contributed by atoms with Gasteiger partial charge in [-0.05, 0) is 58.4 Å². The maximum atomic E-state index is 8.74. The van der Waals surface area contributed by atoms with E-state index in [1.54, 1.807) is 0 Å². The second kappa shape index (κ2) is 29.6. The fourth-order valence-corrected chi connectivity index (χ4v) is 4.24. The number of guanidine groups is 1. The number of hydrogen-bond donors (Lipinski definition) is 5. The van der Waals surface area contributed by atoms with Crippen LogP contribution in [-0.4, -0.2) is 67.7 Å². The van der Waals surface area contributed by atoms with Crippen molar-refractivity contribution in [2.45, 2.75) is 129 Å². The number of rotatable bonds is 26. The second-order valence-electron chi connectivity index (χ2n) is 10.0. The molecule has 0 aliphatic rings. The topological polar surface area (TPSA) is 154 Å². The third-order valence-corrected chi connectivity index (χ3v) is 6.29. The predicted octanol–water partition coefficient (Wildman–Crippen LogP) is 5.56. The lowest BCUT2D eigenvalue weighted by Crippen LogP contribution is -2.30. The number of hydrogen-bond acceptors (Lipinski definition) is 5. The van der Waals surface area contributed by atoms with E-state index in [1.165, 1.54) is 129 Å². The number of aliphatic imine (C=N–C) groups is 1. The number of nitrogens with one attached hydrogen (secondary N) is 1. The molecule has 0 bridgehead atoms. The molecule has 0 aliphatic heterocycles. The zero-order valence-electron chi connectivity index (χ0n) is 24.1. The van der Waals surface area contributed by atoms with Crippen molar-refractivity contribution in [3.8, 4) is 0 Å². The van der Waals surface area contributed by atoms with E-state index in [-0.39, 0.29) is 5.96 Å². The number of unbranched alkanes of at least 4 members (excludes halogenated alkanes) is 14. The maximum absolute atomic E-state index is 8.74. The summed E-state index contributed by atoms with van der Waals surface area (Å²) >= 11 is 0. The Morgan fingerprint density at radius 2 is 1.00 bits per heavy atom. The molecular formula is C27H61N5O4S. The van der Waals surface area contributed by atoms with Crippen LogP contribution in [0.15, 0.2) is 4.99 Å². The normalized spacial score (nSPS) is 11.4. The Labute approximate surface area is 229 Å². The van der Waals surface area contributed by atoms with E-state index < -0.39 is 10.4 Å². The third-order valence-electron chi connectivity index (χ3n) is 6.29. The maximum Gasteiger partial charge on any atom is 0.394 e. The van der Waals surface area contributed by atoms with Gasteiger partial charge in [-0.2, -0.15) is 8.42 Å². The fourth-order valence-electron chi connectivity index (χ4n) is 4.24. The molecule has 0 radical (unpaired) electrons. The number of nitrogens with two attached hydrogens (primary N) is 2. The summed E-state index contributed by atoms with van der Waals surface area (Å²) in [5.74, 6) is 0.197. The van der Waals surface area contributed by atoms with Crippen molar-refractivity contribution >= 4 is 16.4 Å². The third kappa shape index (κ3) is 42.4.